The third-order valence-corrected chi connectivity index (χ3v) is 5.47. The lowest BCUT2D eigenvalue weighted by atomic mass is 9.82. The predicted molar refractivity (Wildman–Crippen MR) is 115 cm³/mol. The van der Waals surface area contributed by atoms with E-state index in [4.69, 9.17) is 0 Å². The first-order valence-electron chi connectivity index (χ1n) is 9.78. The first-order chi connectivity index (χ1) is 15.7. The summed E-state index contributed by atoms with van der Waals surface area (Å²) in [7, 11) is 0. The van der Waals surface area contributed by atoms with Gasteiger partial charge in [0.15, 0.2) is 11.5 Å². The van der Waals surface area contributed by atoms with E-state index in [0.717, 1.165) is 16.7 Å². The molecule has 0 saturated carbocycles. The van der Waals surface area contributed by atoms with Crippen LogP contribution in [0.4, 0.5) is 11.4 Å². The van der Waals surface area contributed by atoms with Gasteiger partial charge in [0.1, 0.15) is 23.1 Å². The maximum Gasteiger partial charge on any atom is 0.271 e. The Kier molecular flexibility index (Phi) is 5.02. The van der Waals surface area contributed by atoms with Crippen molar-refractivity contribution in [1.82, 2.24) is 4.57 Å². The zero-order valence-corrected chi connectivity index (χ0v) is 17.4. The number of rotatable bonds is 3. The molecule has 1 heterocycles. The van der Waals surface area contributed by atoms with Gasteiger partial charge < -0.3 is 15.3 Å². The number of hydrogen-bond acceptors (Lipinski definition) is 9. The summed E-state index contributed by atoms with van der Waals surface area (Å²) < 4.78 is 0.964. The molecule has 0 amide bonds. The maximum atomic E-state index is 13.2. The smallest absolute Gasteiger partial charge is 0.271 e. The molecule has 0 bridgehead atoms. The van der Waals surface area contributed by atoms with Crippen LogP contribution in [0.1, 0.15) is 49.9 Å². The summed E-state index contributed by atoms with van der Waals surface area (Å²) in [6.07, 6.45) is 0. The first-order valence-corrected chi connectivity index (χ1v) is 9.78. The minimum atomic E-state index is -0.736. The van der Waals surface area contributed by atoms with Gasteiger partial charge in [-0.05, 0) is 32.0 Å². The van der Waals surface area contributed by atoms with Crippen molar-refractivity contribution in [2.24, 2.45) is 10.2 Å². The molecule has 0 fully saturated rings. The highest BCUT2D eigenvalue weighted by Gasteiger charge is 2.36. The molecule has 164 valence electrons. The predicted octanol–water partition coefficient (Wildman–Crippen LogP) is 3.36. The van der Waals surface area contributed by atoms with Gasteiger partial charge in [-0.15, -0.1) is 10.2 Å². The van der Waals surface area contributed by atoms with Gasteiger partial charge in [-0.2, -0.15) is 5.26 Å². The monoisotopic (exact) mass is 444 g/mol. The average molecular weight is 444 g/mol. The molecule has 1 aromatic heterocycles. The summed E-state index contributed by atoms with van der Waals surface area (Å²) in [4.78, 5) is 38.5. The Balaban J connectivity index is 1.92. The summed E-state index contributed by atoms with van der Waals surface area (Å²) >= 11 is 0. The van der Waals surface area contributed by atoms with Crippen LogP contribution in [0.25, 0.3) is 0 Å². The molecule has 10 heteroatoms. The fourth-order valence-corrected chi connectivity index (χ4v) is 3.81. The molecule has 0 aliphatic heterocycles. The third-order valence-electron chi connectivity index (χ3n) is 5.47. The lowest BCUT2D eigenvalue weighted by Crippen LogP contribution is -2.23. The number of hydrogen-bond donors (Lipinski definition) is 3. The van der Waals surface area contributed by atoms with E-state index < -0.39 is 34.5 Å². The van der Waals surface area contributed by atoms with Crippen molar-refractivity contribution >= 4 is 22.9 Å². The van der Waals surface area contributed by atoms with Crippen LogP contribution < -0.4 is 5.56 Å². The van der Waals surface area contributed by atoms with Gasteiger partial charge in [-0.3, -0.25) is 19.0 Å². The average Bonchev–Trinajstić information content (AvgIpc) is 2.79. The molecular formula is C23H16N4O6. The Labute approximate surface area is 186 Å². The van der Waals surface area contributed by atoms with Gasteiger partial charge in [-0.25, -0.2) is 0 Å². The fourth-order valence-electron chi connectivity index (χ4n) is 3.81. The number of nitrogens with zero attached hydrogens (tertiary/aromatic N) is 4. The summed E-state index contributed by atoms with van der Waals surface area (Å²) in [5.41, 5.74) is -1.77. The highest BCUT2D eigenvalue weighted by atomic mass is 16.3. The topological polar surface area (TPSA) is 165 Å². The Bertz CT molecular complexity index is 1510. The largest absolute Gasteiger partial charge is 0.507 e. The van der Waals surface area contributed by atoms with E-state index in [1.165, 1.54) is 25.1 Å². The summed E-state index contributed by atoms with van der Waals surface area (Å²) in [5, 5.41) is 48.1. The van der Waals surface area contributed by atoms with Gasteiger partial charge in [0.25, 0.3) is 5.56 Å². The zero-order chi connectivity index (χ0) is 24.0. The number of fused-ring (bicyclic) bond motifs is 2. The van der Waals surface area contributed by atoms with E-state index in [0.29, 0.717) is 0 Å². The van der Waals surface area contributed by atoms with Crippen molar-refractivity contribution in [1.29, 1.82) is 5.26 Å². The molecule has 0 unspecified atom stereocenters. The van der Waals surface area contributed by atoms with Crippen LogP contribution in [0.3, 0.4) is 0 Å². The number of azo groups is 1. The number of nitriles is 1. The van der Waals surface area contributed by atoms with Crippen LogP contribution in [0.15, 0.2) is 45.4 Å². The minimum absolute atomic E-state index is 0.0363. The van der Waals surface area contributed by atoms with Crippen molar-refractivity contribution in [2.75, 3.05) is 0 Å². The van der Waals surface area contributed by atoms with E-state index >= 15 is 0 Å². The highest BCUT2D eigenvalue weighted by molar-refractivity contribution is 6.31. The van der Waals surface area contributed by atoms with Gasteiger partial charge >= 0.3 is 0 Å². The molecule has 0 atom stereocenters. The van der Waals surface area contributed by atoms with Crippen LogP contribution in [-0.4, -0.2) is 31.5 Å². The molecule has 4 rings (SSSR count). The second-order valence-electron chi connectivity index (χ2n) is 7.25. The van der Waals surface area contributed by atoms with Crippen LogP contribution in [0.5, 0.6) is 17.4 Å². The number of aromatic nitrogens is 1. The number of benzene rings is 2. The lowest BCUT2D eigenvalue weighted by Gasteiger charge is -2.20. The standard InChI is InChI=1S/C23H16N4O6/c1-3-27-22(32)12(9-24)10(2)19(23(27)33)26-25-13-6-4-5-11-16(13)21(31)18-15(29)8-7-14(28)17(18)20(11)30/h4-8,28-29,33H,3H2,1-2H3/b26-25+. The molecule has 0 saturated heterocycles. The van der Waals surface area contributed by atoms with Crippen molar-refractivity contribution in [3.8, 4) is 23.4 Å². The zero-order valence-electron chi connectivity index (χ0n) is 17.4. The molecule has 1 aliphatic carbocycles. The van der Waals surface area contributed by atoms with E-state index in [1.54, 1.807) is 13.0 Å². The molecule has 10 nitrogen and oxygen atoms in total. The van der Waals surface area contributed by atoms with Crippen LogP contribution >= 0.6 is 0 Å². The Morgan fingerprint density at radius 3 is 2.18 bits per heavy atom. The molecule has 1 aliphatic rings. The summed E-state index contributed by atoms with van der Waals surface area (Å²) in [6.45, 7) is 3.12. The molecule has 0 spiro atoms. The van der Waals surface area contributed by atoms with Crippen molar-refractivity contribution in [3.63, 3.8) is 0 Å². The van der Waals surface area contributed by atoms with Gasteiger partial charge in [-0.1, -0.05) is 12.1 Å². The number of phenols is 2. The molecule has 2 aromatic carbocycles. The lowest BCUT2D eigenvalue weighted by molar-refractivity contribution is 0.0974. The summed E-state index contributed by atoms with van der Waals surface area (Å²) in [6, 6.07) is 8.27. The van der Waals surface area contributed by atoms with Gasteiger partial charge in [0.2, 0.25) is 11.7 Å². The van der Waals surface area contributed by atoms with E-state index in [-0.39, 0.29) is 51.3 Å². The molecular weight excluding hydrogens is 428 g/mol. The summed E-state index contributed by atoms with van der Waals surface area (Å²) in [5.74, 6) is -2.82. The second kappa shape index (κ2) is 7.72. The number of carbonyl (C=O) groups is 2. The number of ketones is 2. The van der Waals surface area contributed by atoms with Crippen LogP contribution in [-0.2, 0) is 6.54 Å². The van der Waals surface area contributed by atoms with Crippen molar-refractivity contribution in [3.05, 3.63) is 74.1 Å². The SMILES string of the molecule is CCn1c(O)c(/N=N/c2cccc3c2C(=O)c2c(O)ccc(O)c2C3=O)c(C)c(C#N)c1=O. The number of carbonyl (C=O) groups excluding carboxylic acids is 2. The quantitative estimate of drug-likeness (QED) is 0.322. The second-order valence-corrected chi connectivity index (χ2v) is 7.25. The van der Waals surface area contributed by atoms with E-state index in [1.807, 2.05) is 0 Å². The maximum absolute atomic E-state index is 13.2. The Morgan fingerprint density at radius 2 is 1.58 bits per heavy atom. The van der Waals surface area contributed by atoms with E-state index in [9.17, 15) is 35.0 Å². The number of phenolic OH excluding ortho intramolecular Hbond substituents is 2. The number of pyridine rings is 1. The van der Waals surface area contributed by atoms with Crippen LogP contribution in [0, 0.1) is 18.3 Å². The van der Waals surface area contributed by atoms with E-state index in [2.05, 4.69) is 10.2 Å². The Morgan fingerprint density at radius 1 is 0.939 bits per heavy atom. The number of aromatic hydroxyl groups is 3. The minimum Gasteiger partial charge on any atom is -0.507 e. The normalized spacial score (nSPS) is 12.5. The van der Waals surface area contributed by atoms with Crippen LogP contribution in [0.2, 0.25) is 0 Å². The molecule has 33 heavy (non-hydrogen) atoms. The molecule has 3 aromatic rings. The third kappa shape index (κ3) is 3.06. The first kappa shape index (κ1) is 21.5. The molecule has 0 radical (unpaired) electrons. The van der Waals surface area contributed by atoms with Crippen molar-refractivity contribution in [2.45, 2.75) is 20.4 Å². The van der Waals surface area contributed by atoms with Crippen molar-refractivity contribution < 1.29 is 24.9 Å². The highest BCUT2D eigenvalue weighted by Crippen LogP contribution is 2.41. The van der Waals surface area contributed by atoms with Gasteiger partial charge in [0, 0.05) is 17.7 Å². The molecule has 3 N–H and O–H groups in total. The Hall–Kier alpha value is -4.78. The fraction of sp³-hybridized carbons (Fsp3) is 0.130. The van der Waals surface area contributed by atoms with Gasteiger partial charge in [0.05, 0.1) is 22.4 Å².